The number of aromatic nitrogens is 2. The fourth-order valence-electron chi connectivity index (χ4n) is 3.60. The fraction of sp³-hybridized carbons (Fsp3) is 0.750. The smallest absolute Gasteiger partial charge is 0.227 e. The molecule has 9 heteroatoms. The molecule has 1 aromatic heterocycles. The van der Waals surface area contributed by atoms with Crippen LogP contribution in [0.25, 0.3) is 0 Å². The third kappa shape index (κ3) is 4.04. The second-order valence-electron chi connectivity index (χ2n) is 7.79. The quantitative estimate of drug-likeness (QED) is 0.717. The van der Waals surface area contributed by atoms with Crippen molar-refractivity contribution in [1.82, 2.24) is 15.3 Å². The number of aliphatic hydroxyl groups excluding tert-OH is 1. The summed E-state index contributed by atoms with van der Waals surface area (Å²) in [6.07, 6.45) is 1.71. The Kier molecular flexibility index (Phi) is 4.91. The highest BCUT2D eigenvalue weighted by Crippen LogP contribution is 2.27. The minimum absolute atomic E-state index is 0.0387. The second-order valence-corrected chi connectivity index (χ2v) is 9.95. The molecule has 2 atom stereocenters. The maximum atomic E-state index is 12.0. The lowest BCUT2D eigenvalue weighted by atomic mass is 9.94. The zero-order chi connectivity index (χ0) is 18.2. The average molecular weight is 369 g/mol. The van der Waals surface area contributed by atoms with Crippen molar-refractivity contribution in [2.24, 2.45) is 5.41 Å². The van der Waals surface area contributed by atoms with Gasteiger partial charge >= 0.3 is 0 Å². The van der Waals surface area contributed by atoms with Gasteiger partial charge in [0.25, 0.3) is 0 Å². The van der Waals surface area contributed by atoms with Crippen molar-refractivity contribution in [2.75, 3.05) is 54.6 Å². The Morgan fingerprint density at radius 3 is 2.92 bits per heavy atom. The molecule has 0 saturated carbocycles. The minimum atomic E-state index is -3.01. The molecule has 3 rings (SSSR count). The number of hydrogen-bond acceptors (Lipinski definition) is 8. The van der Waals surface area contributed by atoms with Gasteiger partial charge in [-0.1, -0.05) is 13.8 Å². The van der Waals surface area contributed by atoms with Crippen LogP contribution in [0.5, 0.6) is 0 Å². The SMILES string of the molecule is CN(CC(C)(C)CO)c1nccc(N2CCN[C@@H]3CS(=O)(=O)C[C@@H]32)n1. The number of piperazine rings is 1. The highest BCUT2D eigenvalue weighted by molar-refractivity contribution is 7.91. The number of anilines is 2. The predicted molar refractivity (Wildman–Crippen MR) is 97.7 cm³/mol. The number of nitrogens with zero attached hydrogens (tertiary/aromatic N) is 4. The summed E-state index contributed by atoms with van der Waals surface area (Å²) in [7, 11) is -1.11. The van der Waals surface area contributed by atoms with E-state index in [-0.39, 0.29) is 35.6 Å². The molecule has 0 bridgehead atoms. The fourth-order valence-corrected chi connectivity index (χ4v) is 5.55. The lowest BCUT2D eigenvalue weighted by Crippen LogP contribution is -2.57. The van der Waals surface area contributed by atoms with Crippen LogP contribution in [0.4, 0.5) is 11.8 Å². The number of nitrogens with one attached hydrogen (secondary N) is 1. The van der Waals surface area contributed by atoms with E-state index < -0.39 is 9.84 Å². The Labute approximate surface area is 149 Å². The van der Waals surface area contributed by atoms with Crippen LogP contribution in [0.2, 0.25) is 0 Å². The molecule has 0 aliphatic carbocycles. The van der Waals surface area contributed by atoms with E-state index in [1.54, 1.807) is 6.20 Å². The highest BCUT2D eigenvalue weighted by Gasteiger charge is 2.43. The van der Waals surface area contributed by atoms with Crippen LogP contribution in [0.15, 0.2) is 12.3 Å². The summed E-state index contributed by atoms with van der Waals surface area (Å²) in [5.41, 5.74) is -0.256. The van der Waals surface area contributed by atoms with Crippen LogP contribution in [0.3, 0.4) is 0 Å². The van der Waals surface area contributed by atoms with E-state index in [0.29, 0.717) is 12.5 Å². The van der Waals surface area contributed by atoms with Gasteiger partial charge in [0.2, 0.25) is 5.95 Å². The van der Waals surface area contributed by atoms with Gasteiger partial charge in [0.15, 0.2) is 9.84 Å². The number of fused-ring (bicyclic) bond motifs is 1. The van der Waals surface area contributed by atoms with Crippen molar-refractivity contribution >= 4 is 21.6 Å². The first kappa shape index (κ1) is 18.3. The first-order valence-electron chi connectivity index (χ1n) is 8.56. The first-order valence-corrected chi connectivity index (χ1v) is 10.4. The molecule has 1 aromatic rings. The molecule has 2 saturated heterocycles. The van der Waals surface area contributed by atoms with Gasteiger partial charge in [0.05, 0.1) is 17.5 Å². The topological polar surface area (TPSA) is 98.7 Å². The van der Waals surface area contributed by atoms with E-state index in [2.05, 4.69) is 20.2 Å². The Hall–Kier alpha value is -1.45. The van der Waals surface area contributed by atoms with Crippen molar-refractivity contribution in [3.63, 3.8) is 0 Å². The van der Waals surface area contributed by atoms with Crippen LogP contribution in [0, 0.1) is 5.41 Å². The summed E-state index contributed by atoms with van der Waals surface area (Å²) in [5.74, 6) is 1.69. The summed E-state index contributed by atoms with van der Waals surface area (Å²) in [6.45, 7) is 6.13. The molecule has 8 nitrogen and oxygen atoms in total. The molecule has 3 heterocycles. The van der Waals surface area contributed by atoms with Crippen LogP contribution in [0.1, 0.15) is 13.8 Å². The van der Waals surface area contributed by atoms with Gasteiger partial charge < -0.3 is 20.2 Å². The molecule has 0 amide bonds. The average Bonchev–Trinajstić information content (AvgIpc) is 2.88. The number of hydrogen-bond donors (Lipinski definition) is 2. The van der Waals surface area contributed by atoms with Crippen molar-refractivity contribution in [2.45, 2.75) is 25.9 Å². The normalized spacial score (nSPS) is 25.7. The summed E-state index contributed by atoms with van der Waals surface area (Å²) in [4.78, 5) is 13.0. The van der Waals surface area contributed by atoms with Crippen LogP contribution in [-0.2, 0) is 9.84 Å². The highest BCUT2D eigenvalue weighted by atomic mass is 32.2. The molecule has 0 aromatic carbocycles. The zero-order valence-electron chi connectivity index (χ0n) is 15.0. The molecule has 0 unspecified atom stereocenters. The Balaban J connectivity index is 1.81. The van der Waals surface area contributed by atoms with Gasteiger partial charge in [-0.15, -0.1) is 0 Å². The van der Waals surface area contributed by atoms with Gasteiger partial charge in [-0.05, 0) is 6.07 Å². The molecule has 0 spiro atoms. The maximum absolute atomic E-state index is 12.0. The second kappa shape index (κ2) is 6.69. The van der Waals surface area contributed by atoms with E-state index in [4.69, 9.17) is 0 Å². The Morgan fingerprint density at radius 1 is 1.44 bits per heavy atom. The zero-order valence-corrected chi connectivity index (χ0v) is 15.8. The lowest BCUT2D eigenvalue weighted by Gasteiger charge is -2.38. The summed E-state index contributed by atoms with van der Waals surface area (Å²) < 4.78 is 24.0. The van der Waals surface area contributed by atoms with Crippen molar-refractivity contribution in [3.8, 4) is 0 Å². The minimum Gasteiger partial charge on any atom is -0.396 e. The van der Waals surface area contributed by atoms with Crippen molar-refractivity contribution < 1.29 is 13.5 Å². The van der Waals surface area contributed by atoms with E-state index in [1.165, 1.54) is 0 Å². The molecule has 2 fully saturated rings. The third-order valence-electron chi connectivity index (χ3n) is 4.84. The first-order chi connectivity index (χ1) is 11.7. The molecule has 140 valence electrons. The van der Waals surface area contributed by atoms with Crippen LogP contribution >= 0.6 is 0 Å². The van der Waals surface area contributed by atoms with Gasteiger partial charge in [-0.2, -0.15) is 4.98 Å². The van der Waals surface area contributed by atoms with E-state index in [0.717, 1.165) is 18.9 Å². The summed E-state index contributed by atoms with van der Waals surface area (Å²) in [6, 6.07) is 1.71. The molecule has 2 N–H and O–H groups in total. The van der Waals surface area contributed by atoms with Crippen LogP contribution < -0.4 is 15.1 Å². The van der Waals surface area contributed by atoms with Gasteiger partial charge in [0.1, 0.15) is 5.82 Å². The Bertz CT molecular complexity index is 724. The van der Waals surface area contributed by atoms with Crippen LogP contribution in [-0.4, -0.2) is 80.4 Å². The Morgan fingerprint density at radius 2 is 2.20 bits per heavy atom. The van der Waals surface area contributed by atoms with E-state index in [9.17, 15) is 13.5 Å². The van der Waals surface area contributed by atoms with Gasteiger partial charge in [0, 0.05) is 50.9 Å². The summed E-state index contributed by atoms with van der Waals surface area (Å²) >= 11 is 0. The van der Waals surface area contributed by atoms with E-state index in [1.807, 2.05) is 31.9 Å². The monoisotopic (exact) mass is 369 g/mol. The van der Waals surface area contributed by atoms with E-state index >= 15 is 0 Å². The third-order valence-corrected chi connectivity index (χ3v) is 6.56. The van der Waals surface area contributed by atoms with Gasteiger partial charge in [-0.25, -0.2) is 13.4 Å². The molecule has 25 heavy (non-hydrogen) atoms. The maximum Gasteiger partial charge on any atom is 0.227 e. The predicted octanol–water partition coefficient (Wildman–Crippen LogP) is -0.493. The van der Waals surface area contributed by atoms with Gasteiger partial charge in [-0.3, -0.25) is 0 Å². The molecular weight excluding hydrogens is 342 g/mol. The van der Waals surface area contributed by atoms with Crippen molar-refractivity contribution in [1.29, 1.82) is 0 Å². The summed E-state index contributed by atoms with van der Waals surface area (Å²) in [5, 5.41) is 12.8. The van der Waals surface area contributed by atoms with Crippen molar-refractivity contribution in [3.05, 3.63) is 12.3 Å². The molecule has 2 aliphatic rings. The molecule has 2 aliphatic heterocycles. The number of aliphatic hydroxyl groups is 1. The largest absolute Gasteiger partial charge is 0.396 e. The molecule has 0 radical (unpaired) electrons. The number of sulfone groups is 1. The lowest BCUT2D eigenvalue weighted by molar-refractivity contribution is 0.165. The standard InChI is InChI=1S/C16H27N5O3S/c1-16(2,11-22)10-20(3)15-18-5-4-14(19-15)21-7-6-17-12-8-25(23,24)9-13(12)21/h4-5,12-13,17,22H,6-11H2,1-3H3/t12-,13+/m1/s1. The molecular formula is C16H27N5O3S. The number of rotatable bonds is 5.